The van der Waals surface area contributed by atoms with Crippen LogP contribution in [-0.4, -0.2) is 27.8 Å². The van der Waals surface area contributed by atoms with Gasteiger partial charge in [0.25, 0.3) is 11.8 Å². The number of aromatic nitrogens is 2. The summed E-state index contributed by atoms with van der Waals surface area (Å²) in [4.78, 5) is 34.9. The normalized spacial score (nSPS) is 17.2. The van der Waals surface area contributed by atoms with Crippen molar-refractivity contribution in [2.45, 2.75) is 63.8 Å². The number of aryl methyl sites for hydroxylation is 1. The van der Waals surface area contributed by atoms with Crippen LogP contribution in [0.5, 0.6) is 0 Å². The molecule has 2 heterocycles. The molecule has 142 valence electrons. The van der Waals surface area contributed by atoms with Crippen LogP contribution in [0.25, 0.3) is 0 Å². The predicted molar refractivity (Wildman–Crippen MR) is 105 cm³/mol. The zero-order valence-electron chi connectivity index (χ0n) is 15.3. The smallest absolute Gasteiger partial charge is 0.276 e. The summed E-state index contributed by atoms with van der Waals surface area (Å²) in [6, 6.07) is 0.244. The van der Waals surface area contributed by atoms with Gasteiger partial charge in [-0.05, 0) is 44.1 Å². The number of amides is 2. The van der Waals surface area contributed by atoms with Gasteiger partial charge in [0.1, 0.15) is 10.7 Å². The number of rotatable bonds is 4. The first-order chi connectivity index (χ1) is 13.2. The number of fused-ring (bicyclic) bond motifs is 1. The second-order valence-corrected chi connectivity index (χ2v) is 8.37. The lowest BCUT2D eigenvalue weighted by molar-refractivity contribution is 0.0928. The predicted octanol–water partition coefficient (Wildman–Crippen LogP) is 3.73. The molecule has 2 aromatic heterocycles. The average Bonchev–Trinajstić information content (AvgIpc) is 3.07. The third-order valence-corrected chi connectivity index (χ3v) is 6.57. The van der Waals surface area contributed by atoms with Crippen LogP contribution in [0.1, 0.15) is 76.2 Å². The molecule has 27 heavy (non-hydrogen) atoms. The molecule has 2 aliphatic carbocycles. The molecule has 2 aliphatic rings. The standard InChI is InChI=1S/C20H24N4O2S/c25-18(15-12-21-10-11-22-15)24-20-17(14-8-4-5-9-16(14)27-20)19(26)23-13-6-2-1-3-7-13/h10-13H,1-9H2,(H,23,26)(H,24,25). The second kappa shape index (κ2) is 8.17. The van der Waals surface area contributed by atoms with Gasteiger partial charge in [0.15, 0.2) is 0 Å². The number of carbonyl (C=O) groups excluding carboxylic acids is 2. The van der Waals surface area contributed by atoms with Crippen molar-refractivity contribution < 1.29 is 9.59 Å². The molecule has 2 aromatic rings. The molecule has 0 radical (unpaired) electrons. The summed E-state index contributed by atoms with van der Waals surface area (Å²) >= 11 is 1.53. The Morgan fingerprint density at radius 3 is 2.59 bits per heavy atom. The SMILES string of the molecule is O=C(Nc1sc2c(c1C(=O)NC1CCCCC1)CCCC2)c1cnccn1. The Morgan fingerprint density at radius 1 is 1.00 bits per heavy atom. The largest absolute Gasteiger partial charge is 0.349 e. The summed E-state index contributed by atoms with van der Waals surface area (Å²) < 4.78 is 0. The van der Waals surface area contributed by atoms with Crippen molar-refractivity contribution in [2.24, 2.45) is 0 Å². The van der Waals surface area contributed by atoms with Crippen LogP contribution < -0.4 is 10.6 Å². The first-order valence-electron chi connectivity index (χ1n) is 9.75. The van der Waals surface area contributed by atoms with Crippen LogP contribution >= 0.6 is 11.3 Å². The summed E-state index contributed by atoms with van der Waals surface area (Å²) in [6.45, 7) is 0. The van der Waals surface area contributed by atoms with Crippen LogP contribution in [0, 0.1) is 0 Å². The van der Waals surface area contributed by atoms with E-state index in [2.05, 4.69) is 20.6 Å². The Kier molecular flexibility index (Phi) is 5.48. The fraction of sp³-hybridized carbons (Fsp3) is 0.500. The summed E-state index contributed by atoms with van der Waals surface area (Å²) in [7, 11) is 0. The van der Waals surface area contributed by atoms with E-state index in [1.165, 1.54) is 54.1 Å². The highest BCUT2D eigenvalue weighted by Crippen LogP contribution is 2.38. The molecule has 2 N–H and O–H groups in total. The summed E-state index contributed by atoms with van der Waals surface area (Å²) in [5.74, 6) is -0.371. The molecule has 2 amide bonds. The molecule has 0 bridgehead atoms. The molecule has 0 saturated heterocycles. The fourth-order valence-corrected chi connectivity index (χ4v) is 5.26. The first-order valence-corrected chi connectivity index (χ1v) is 10.6. The molecular formula is C20H24N4O2S. The molecule has 1 fully saturated rings. The number of hydrogen-bond donors (Lipinski definition) is 2. The van der Waals surface area contributed by atoms with Gasteiger partial charge in [0.05, 0.1) is 11.8 Å². The van der Waals surface area contributed by atoms with Gasteiger partial charge in [-0.2, -0.15) is 0 Å². The number of thiophene rings is 1. The Hall–Kier alpha value is -2.28. The lowest BCUT2D eigenvalue weighted by Crippen LogP contribution is -2.37. The van der Waals surface area contributed by atoms with E-state index < -0.39 is 0 Å². The minimum absolute atomic E-state index is 0.0456. The van der Waals surface area contributed by atoms with Crippen LogP contribution in [0.15, 0.2) is 18.6 Å². The molecule has 0 aromatic carbocycles. The molecule has 1 saturated carbocycles. The zero-order valence-corrected chi connectivity index (χ0v) is 16.1. The quantitative estimate of drug-likeness (QED) is 0.841. The third kappa shape index (κ3) is 4.03. The van der Waals surface area contributed by atoms with Crippen molar-refractivity contribution in [3.8, 4) is 0 Å². The lowest BCUT2D eigenvalue weighted by Gasteiger charge is -2.23. The van der Waals surface area contributed by atoms with Crippen molar-refractivity contribution in [1.82, 2.24) is 15.3 Å². The van der Waals surface area contributed by atoms with Crippen molar-refractivity contribution in [3.63, 3.8) is 0 Å². The Labute approximate surface area is 162 Å². The van der Waals surface area contributed by atoms with E-state index in [9.17, 15) is 9.59 Å². The maximum absolute atomic E-state index is 13.1. The molecule has 6 nitrogen and oxygen atoms in total. The Bertz CT molecular complexity index is 828. The van der Waals surface area contributed by atoms with Crippen LogP contribution in [0.3, 0.4) is 0 Å². The minimum Gasteiger partial charge on any atom is -0.349 e. The third-order valence-electron chi connectivity index (χ3n) is 5.36. The van der Waals surface area contributed by atoms with Crippen molar-refractivity contribution in [3.05, 3.63) is 40.3 Å². The molecule has 0 aliphatic heterocycles. The van der Waals surface area contributed by atoms with Gasteiger partial charge < -0.3 is 10.6 Å². The van der Waals surface area contributed by atoms with Gasteiger partial charge in [0.2, 0.25) is 0 Å². The fourth-order valence-electron chi connectivity index (χ4n) is 3.98. The number of nitrogens with zero attached hydrogens (tertiary/aromatic N) is 2. The van der Waals surface area contributed by atoms with Crippen molar-refractivity contribution in [2.75, 3.05) is 5.32 Å². The highest BCUT2D eigenvalue weighted by atomic mass is 32.1. The van der Waals surface area contributed by atoms with Crippen LogP contribution in [0.2, 0.25) is 0 Å². The number of anilines is 1. The highest BCUT2D eigenvalue weighted by Gasteiger charge is 2.28. The van der Waals surface area contributed by atoms with Gasteiger partial charge in [-0.15, -0.1) is 11.3 Å². The summed E-state index contributed by atoms with van der Waals surface area (Å²) in [6.07, 6.45) is 14.2. The number of hydrogen-bond acceptors (Lipinski definition) is 5. The van der Waals surface area contributed by atoms with E-state index in [0.29, 0.717) is 10.6 Å². The minimum atomic E-state index is -0.326. The summed E-state index contributed by atoms with van der Waals surface area (Å²) in [5, 5.41) is 6.78. The van der Waals surface area contributed by atoms with E-state index in [0.717, 1.165) is 44.1 Å². The molecule has 4 rings (SSSR count). The highest BCUT2D eigenvalue weighted by molar-refractivity contribution is 7.17. The Morgan fingerprint density at radius 2 is 1.81 bits per heavy atom. The second-order valence-electron chi connectivity index (χ2n) is 7.27. The lowest BCUT2D eigenvalue weighted by atomic mass is 9.93. The number of carbonyl (C=O) groups is 2. The molecule has 0 atom stereocenters. The van der Waals surface area contributed by atoms with E-state index in [4.69, 9.17) is 0 Å². The maximum atomic E-state index is 13.1. The van der Waals surface area contributed by atoms with Gasteiger partial charge in [-0.1, -0.05) is 19.3 Å². The van der Waals surface area contributed by atoms with E-state index in [1.54, 1.807) is 0 Å². The Balaban J connectivity index is 1.59. The van der Waals surface area contributed by atoms with E-state index in [1.807, 2.05) is 0 Å². The molecule has 7 heteroatoms. The van der Waals surface area contributed by atoms with Crippen molar-refractivity contribution in [1.29, 1.82) is 0 Å². The maximum Gasteiger partial charge on any atom is 0.276 e. The first kappa shape index (κ1) is 18.1. The zero-order chi connectivity index (χ0) is 18.6. The van der Waals surface area contributed by atoms with E-state index in [-0.39, 0.29) is 23.6 Å². The van der Waals surface area contributed by atoms with Crippen LogP contribution in [-0.2, 0) is 12.8 Å². The average molecular weight is 385 g/mol. The molecule has 0 unspecified atom stereocenters. The summed E-state index contributed by atoms with van der Waals surface area (Å²) in [5.41, 5.74) is 2.04. The van der Waals surface area contributed by atoms with Gasteiger partial charge in [-0.3, -0.25) is 14.6 Å². The number of nitrogens with one attached hydrogen (secondary N) is 2. The molecular weight excluding hydrogens is 360 g/mol. The van der Waals surface area contributed by atoms with Crippen molar-refractivity contribution >= 4 is 28.2 Å². The monoisotopic (exact) mass is 384 g/mol. The van der Waals surface area contributed by atoms with Gasteiger partial charge >= 0.3 is 0 Å². The molecule has 0 spiro atoms. The van der Waals surface area contributed by atoms with Gasteiger partial charge in [-0.25, -0.2) is 4.98 Å². The van der Waals surface area contributed by atoms with Gasteiger partial charge in [0, 0.05) is 23.3 Å². The topological polar surface area (TPSA) is 84.0 Å². The van der Waals surface area contributed by atoms with Crippen LogP contribution in [0.4, 0.5) is 5.00 Å². The van der Waals surface area contributed by atoms with E-state index >= 15 is 0 Å².